The predicted molar refractivity (Wildman–Crippen MR) is 75.8 cm³/mol. The Bertz CT molecular complexity index is 516. The third-order valence-electron chi connectivity index (χ3n) is 4.02. The number of anilines is 1. The summed E-state index contributed by atoms with van der Waals surface area (Å²) < 4.78 is 39.0. The van der Waals surface area contributed by atoms with Crippen LogP contribution >= 0.6 is 0 Å². The highest BCUT2D eigenvalue weighted by Gasteiger charge is 2.34. The molecule has 0 N–H and O–H groups in total. The van der Waals surface area contributed by atoms with Crippen LogP contribution in [0.15, 0.2) is 18.2 Å². The molecule has 0 saturated carbocycles. The van der Waals surface area contributed by atoms with Crippen molar-refractivity contribution in [3.05, 3.63) is 29.3 Å². The standard InChI is InChI=1S/C15H19F3N2O/c1-19-7-3-4-13(9-19)20(2)12-6-5-11(10-21)14(8-12)15(16,17)18/h5-6,8,10,13H,3-4,7,9H2,1-2H3. The number of carbonyl (C=O) groups is 1. The van der Waals surface area contributed by atoms with Crippen molar-refractivity contribution >= 4 is 12.0 Å². The third-order valence-corrected chi connectivity index (χ3v) is 4.02. The Morgan fingerprint density at radius 1 is 1.38 bits per heavy atom. The molecule has 1 aromatic rings. The first-order valence-electron chi connectivity index (χ1n) is 6.90. The molecule has 3 nitrogen and oxygen atoms in total. The van der Waals surface area contributed by atoms with Gasteiger partial charge in [0.15, 0.2) is 6.29 Å². The van der Waals surface area contributed by atoms with Crippen LogP contribution in [-0.4, -0.2) is 44.4 Å². The van der Waals surface area contributed by atoms with E-state index < -0.39 is 11.7 Å². The van der Waals surface area contributed by atoms with Crippen LogP contribution in [0.2, 0.25) is 0 Å². The van der Waals surface area contributed by atoms with Crippen LogP contribution < -0.4 is 4.90 Å². The Hall–Kier alpha value is -1.56. The van der Waals surface area contributed by atoms with E-state index in [2.05, 4.69) is 4.90 Å². The first kappa shape index (κ1) is 15.8. The number of carbonyl (C=O) groups excluding carboxylic acids is 1. The van der Waals surface area contributed by atoms with E-state index in [1.54, 1.807) is 13.1 Å². The van der Waals surface area contributed by atoms with Gasteiger partial charge in [-0.15, -0.1) is 0 Å². The highest BCUT2D eigenvalue weighted by atomic mass is 19.4. The number of halogens is 3. The maximum Gasteiger partial charge on any atom is 0.417 e. The highest BCUT2D eigenvalue weighted by molar-refractivity contribution is 5.79. The van der Waals surface area contributed by atoms with Crippen LogP contribution in [0, 0.1) is 0 Å². The molecule has 1 unspecified atom stereocenters. The molecule has 1 heterocycles. The molecule has 0 bridgehead atoms. The van der Waals surface area contributed by atoms with Gasteiger partial charge in [-0.3, -0.25) is 4.79 Å². The minimum Gasteiger partial charge on any atom is -0.370 e. The van der Waals surface area contributed by atoms with Crippen LogP contribution in [0.25, 0.3) is 0 Å². The van der Waals surface area contributed by atoms with E-state index >= 15 is 0 Å². The Morgan fingerprint density at radius 2 is 2.10 bits per heavy atom. The van der Waals surface area contributed by atoms with E-state index in [4.69, 9.17) is 0 Å². The van der Waals surface area contributed by atoms with Gasteiger partial charge in [-0.25, -0.2) is 0 Å². The molecule has 0 aromatic heterocycles. The Kier molecular flexibility index (Phi) is 4.56. The highest BCUT2D eigenvalue weighted by Crippen LogP contribution is 2.34. The van der Waals surface area contributed by atoms with Crippen molar-refractivity contribution in [1.29, 1.82) is 0 Å². The zero-order valence-electron chi connectivity index (χ0n) is 12.2. The average molecular weight is 300 g/mol. The second kappa shape index (κ2) is 6.05. The Labute approximate surface area is 122 Å². The summed E-state index contributed by atoms with van der Waals surface area (Å²) in [5.41, 5.74) is -0.695. The topological polar surface area (TPSA) is 23.6 Å². The number of rotatable bonds is 3. The maximum absolute atomic E-state index is 13.0. The number of hydrogen-bond acceptors (Lipinski definition) is 3. The molecule has 1 fully saturated rings. The molecule has 116 valence electrons. The summed E-state index contributed by atoms with van der Waals surface area (Å²) in [5, 5.41) is 0. The lowest BCUT2D eigenvalue weighted by molar-refractivity contribution is -0.137. The summed E-state index contributed by atoms with van der Waals surface area (Å²) in [6, 6.07) is 4.08. The molecule has 1 saturated heterocycles. The molecule has 1 aliphatic rings. The van der Waals surface area contributed by atoms with E-state index in [0.717, 1.165) is 32.0 Å². The second-order valence-electron chi connectivity index (χ2n) is 5.56. The number of benzene rings is 1. The molecule has 0 amide bonds. The molecule has 21 heavy (non-hydrogen) atoms. The molecule has 2 rings (SSSR count). The first-order chi connectivity index (χ1) is 9.82. The van der Waals surface area contributed by atoms with E-state index in [0.29, 0.717) is 5.69 Å². The second-order valence-corrected chi connectivity index (χ2v) is 5.56. The van der Waals surface area contributed by atoms with Crippen molar-refractivity contribution in [3.63, 3.8) is 0 Å². The summed E-state index contributed by atoms with van der Waals surface area (Å²) in [6.07, 6.45) is -2.28. The summed E-state index contributed by atoms with van der Waals surface area (Å²) in [7, 11) is 3.82. The third kappa shape index (κ3) is 3.56. The maximum atomic E-state index is 13.0. The predicted octanol–water partition coefficient (Wildman–Crippen LogP) is 3.05. The van der Waals surface area contributed by atoms with Crippen molar-refractivity contribution in [2.24, 2.45) is 0 Å². The number of likely N-dealkylation sites (N-methyl/N-ethyl adjacent to an activating group) is 2. The number of piperidine rings is 1. The lowest BCUT2D eigenvalue weighted by atomic mass is 10.0. The quantitative estimate of drug-likeness (QED) is 0.802. The van der Waals surface area contributed by atoms with Gasteiger partial charge in [-0.2, -0.15) is 13.2 Å². The molecule has 6 heteroatoms. The summed E-state index contributed by atoms with van der Waals surface area (Å²) in [4.78, 5) is 14.8. The van der Waals surface area contributed by atoms with E-state index in [9.17, 15) is 18.0 Å². The van der Waals surface area contributed by atoms with E-state index in [1.807, 2.05) is 11.9 Å². The van der Waals surface area contributed by atoms with Gasteiger partial charge in [0.2, 0.25) is 0 Å². The van der Waals surface area contributed by atoms with Gasteiger partial charge in [0.25, 0.3) is 0 Å². The first-order valence-corrected chi connectivity index (χ1v) is 6.90. The zero-order valence-corrected chi connectivity index (χ0v) is 12.2. The Morgan fingerprint density at radius 3 is 2.67 bits per heavy atom. The minimum absolute atomic E-state index is 0.187. The molecule has 1 aromatic carbocycles. The van der Waals surface area contributed by atoms with Gasteiger partial charge < -0.3 is 9.80 Å². The summed E-state index contributed by atoms with van der Waals surface area (Å²) in [5.74, 6) is 0. The normalized spacial score (nSPS) is 20.3. The SMILES string of the molecule is CN1CCCC(N(C)c2ccc(C=O)c(C(F)(F)F)c2)C1. The number of alkyl halides is 3. The number of nitrogens with zero attached hydrogens (tertiary/aromatic N) is 2. The van der Waals surface area contributed by atoms with Crippen molar-refractivity contribution in [2.75, 3.05) is 32.1 Å². The van der Waals surface area contributed by atoms with Crippen molar-refractivity contribution in [2.45, 2.75) is 25.1 Å². The molecular weight excluding hydrogens is 281 g/mol. The van der Waals surface area contributed by atoms with E-state index in [-0.39, 0.29) is 17.9 Å². The average Bonchev–Trinajstić information content (AvgIpc) is 2.45. The molecule has 1 atom stereocenters. The van der Waals surface area contributed by atoms with Gasteiger partial charge in [0.05, 0.1) is 5.56 Å². The van der Waals surface area contributed by atoms with Crippen molar-refractivity contribution < 1.29 is 18.0 Å². The van der Waals surface area contributed by atoms with Crippen LogP contribution in [0.4, 0.5) is 18.9 Å². The van der Waals surface area contributed by atoms with Crippen LogP contribution in [0.3, 0.4) is 0 Å². The molecule has 1 aliphatic heterocycles. The van der Waals surface area contributed by atoms with Gasteiger partial charge in [0.1, 0.15) is 0 Å². The van der Waals surface area contributed by atoms with Gasteiger partial charge in [0, 0.05) is 30.9 Å². The monoisotopic (exact) mass is 300 g/mol. The molecule has 0 aliphatic carbocycles. The van der Waals surface area contributed by atoms with Crippen molar-refractivity contribution in [3.8, 4) is 0 Å². The molecule has 0 spiro atoms. The van der Waals surface area contributed by atoms with Crippen LogP contribution in [-0.2, 0) is 6.18 Å². The lowest BCUT2D eigenvalue weighted by Gasteiger charge is -2.37. The minimum atomic E-state index is -4.52. The summed E-state index contributed by atoms with van der Waals surface area (Å²) in [6.45, 7) is 1.84. The Balaban J connectivity index is 2.29. The smallest absolute Gasteiger partial charge is 0.370 e. The van der Waals surface area contributed by atoms with E-state index in [1.165, 1.54) is 6.07 Å². The molecular formula is C15H19F3N2O. The van der Waals surface area contributed by atoms with Crippen LogP contribution in [0.1, 0.15) is 28.8 Å². The lowest BCUT2D eigenvalue weighted by Crippen LogP contribution is -2.45. The number of likely N-dealkylation sites (tertiary alicyclic amines) is 1. The van der Waals surface area contributed by atoms with Gasteiger partial charge in [-0.1, -0.05) is 0 Å². The fourth-order valence-electron chi connectivity index (χ4n) is 2.78. The van der Waals surface area contributed by atoms with Gasteiger partial charge in [-0.05, 0) is 44.6 Å². The number of aldehydes is 1. The van der Waals surface area contributed by atoms with Crippen LogP contribution in [0.5, 0.6) is 0 Å². The number of hydrogen-bond donors (Lipinski definition) is 0. The zero-order chi connectivity index (χ0) is 15.6. The summed E-state index contributed by atoms with van der Waals surface area (Å²) >= 11 is 0. The largest absolute Gasteiger partial charge is 0.417 e. The molecule has 0 radical (unpaired) electrons. The fraction of sp³-hybridized carbons (Fsp3) is 0.533. The fourth-order valence-corrected chi connectivity index (χ4v) is 2.78. The van der Waals surface area contributed by atoms with Gasteiger partial charge >= 0.3 is 6.18 Å². The van der Waals surface area contributed by atoms with Crippen molar-refractivity contribution in [1.82, 2.24) is 4.90 Å².